The van der Waals surface area contributed by atoms with Gasteiger partial charge in [0, 0.05) is 12.6 Å². The van der Waals surface area contributed by atoms with Gasteiger partial charge in [-0.2, -0.15) is 0 Å². The molecule has 0 saturated heterocycles. The molecule has 1 saturated carbocycles. The van der Waals surface area contributed by atoms with Crippen LogP contribution in [0.5, 0.6) is 0 Å². The average molecular weight is 178 g/mol. The molecular formula is C10H14N2O. The first-order chi connectivity index (χ1) is 6.29. The number of hydrogen-bond acceptors (Lipinski definition) is 1. The van der Waals surface area contributed by atoms with Gasteiger partial charge in [0.25, 0.3) is 0 Å². The van der Waals surface area contributed by atoms with Gasteiger partial charge in [-0.25, -0.2) is 4.79 Å². The summed E-state index contributed by atoms with van der Waals surface area (Å²) in [5.41, 5.74) is 0. The van der Waals surface area contributed by atoms with Gasteiger partial charge in [-0.1, -0.05) is 12.0 Å². The Bertz CT molecular complexity index is 238. The van der Waals surface area contributed by atoms with Gasteiger partial charge >= 0.3 is 6.03 Å². The van der Waals surface area contributed by atoms with Crippen molar-refractivity contribution < 1.29 is 4.79 Å². The van der Waals surface area contributed by atoms with Crippen LogP contribution in [0.4, 0.5) is 4.79 Å². The lowest BCUT2D eigenvalue weighted by Crippen LogP contribution is -2.41. The topological polar surface area (TPSA) is 32.3 Å². The summed E-state index contributed by atoms with van der Waals surface area (Å²) in [7, 11) is 0. The average Bonchev–Trinajstić information content (AvgIpc) is 2.93. The van der Waals surface area contributed by atoms with Crippen LogP contribution in [0.2, 0.25) is 0 Å². The molecule has 0 spiro atoms. The van der Waals surface area contributed by atoms with Crippen molar-refractivity contribution in [2.24, 2.45) is 0 Å². The van der Waals surface area contributed by atoms with Crippen molar-refractivity contribution in [2.45, 2.75) is 18.9 Å². The fourth-order valence-corrected chi connectivity index (χ4v) is 1.15. The second kappa shape index (κ2) is 4.56. The molecule has 0 unspecified atom stereocenters. The molecule has 1 N–H and O–H groups in total. The Morgan fingerprint density at radius 2 is 2.46 bits per heavy atom. The van der Waals surface area contributed by atoms with Gasteiger partial charge in [-0.3, -0.25) is 0 Å². The predicted molar refractivity (Wildman–Crippen MR) is 52.2 cm³/mol. The summed E-state index contributed by atoms with van der Waals surface area (Å²) in [5.74, 6) is 2.37. The summed E-state index contributed by atoms with van der Waals surface area (Å²) in [4.78, 5) is 13.2. The van der Waals surface area contributed by atoms with Crippen LogP contribution < -0.4 is 5.32 Å². The highest BCUT2D eigenvalue weighted by Gasteiger charge is 2.31. The molecule has 0 aromatic rings. The van der Waals surface area contributed by atoms with Gasteiger partial charge < -0.3 is 10.2 Å². The molecule has 0 bridgehead atoms. The molecule has 0 aliphatic heterocycles. The highest BCUT2D eigenvalue weighted by Crippen LogP contribution is 2.26. The van der Waals surface area contributed by atoms with E-state index in [0.29, 0.717) is 19.1 Å². The zero-order valence-electron chi connectivity index (χ0n) is 7.62. The highest BCUT2D eigenvalue weighted by molar-refractivity contribution is 5.75. The molecule has 1 aliphatic carbocycles. The Hall–Kier alpha value is -1.43. The highest BCUT2D eigenvalue weighted by atomic mass is 16.2. The maximum atomic E-state index is 11.4. The van der Waals surface area contributed by atoms with Crippen molar-refractivity contribution in [2.75, 3.05) is 13.1 Å². The van der Waals surface area contributed by atoms with E-state index < -0.39 is 0 Å². The lowest BCUT2D eigenvalue weighted by Gasteiger charge is -2.20. The summed E-state index contributed by atoms with van der Waals surface area (Å²) < 4.78 is 0. The number of amides is 2. The van der Waals surface area contributed by atoms with E-state index in [1.54, 1.807) is 11.0 Å². The number of hydrogen-bond donors (Lipinski definition) is 1. The lowest BCUT2D eigenvalue weighted by atomic mass is 10.4. The quantitative estimate of drug-likeness (QED) is 0.505. The molecule has 2 amide bonds. The molecule has 1 rings (SSSR count). The van der Waals surface area contributed by atoms with Crippen molar-refractivity contribution >= 4 is 6.03 Å². The number of urea groups is 1. The van der Waals surface area contributed by atoms with E-state index in [0.717, 1.165) is 12.8 Å². The van der Waals surface area contributed by atoms with Crippen LogP contribution in [-0.2, 0) is 0 Å². The van der Waals surface area contributed by atoms with Crippen LogP contribution in [0, 0.1) is 12.3 Å². The van der Waals surface area contributed by atoms with Crippen LogP contribution in [0.3, 0.4) is 0 Å². The zero-order valence-corrected chi connectivity index (χ0v) is 7.62. The molecule has 0 aromatic carbocycles. The third kappa shape index (κ3) is 2.83. The Morgan fingerprint density at radius 1 is 1.77 bits per heavy atom. The van der Waals surface area contributed by atoms with E-state index in [9.17, 15) is 4.79 Å². The molecule has 1 fully saturated rings. The van der Waals surface area contributed by atoms with E-state index in [1.165, 1.54) is 0 Å². The number of terminal acetylenes is 1. The molecule has 13 heavy (non-hydrogen) atoms. The maximum absolute atomic E-state index is 11.4. The van der Waals surface area contributed by atoms with Crippen molar-refractivity contribution in [3.8, 4) is 12.3 Å². The van der Waals surface area contributed by atoms with E-state index in [4.69, 9.17) is 6.42 Å². The maximum Gasteiger partial charge on any atom is 0.318 e. The third-order valence-electron chi connectivity index (χ3n) is 1.92. The van der Waals surface area contributed by atoms with Gasteiger partial charge in [0.1, 0.15) is 0 Å². The van der Waals surface area contributed by atoms with E-state index in [1.807, 2.05) is 0 Å². The summed E-state index contributed by atoms with van der Waals surface area (Å²) in [6, 6.07) is 0.316. The monoisotopic (exact) mass is 178 g/mol. The van der Waals surface area contributed by atoms with Crippen molar-refractivity contribution in [1.82, 2.24) is 10.2 Å². The number of carbonyl (C=O) groups excluding carboxylic acids is 1. The molecular weight excluding hydrogens is 164 g/mol. The second-order valence-electron chi connectivity index (χ2n) is 3.04. The molecule has 0 radical (unpaired) electrons. The first-order valence-electron chi connectivity index (χ1n) is 4.38. The van der Waals surface area contributed by atoms with E-state index in [-0.39, 0.29) is 6.03 Å². The van der Waals surface area contributed by atoms with E-state index in [2.05, 4.69) is 17.8 Å². The fraction of sp³-hybridized carbons (Fsp3) is 0.500. The molecule has 0 atom stereocenters. The molecule has 1 aliphatic rings. The minimum atomic E-state index is -0.0830. The summed E-state index contributed by atoms with van der Waals surface area (Å²) in [6.45, 7) is 4.50. The molecule has 70 valence electrons. The van der Waals surface area contributed by atoms with Crippen LogP contribution in [0.1, 0.15) is 12.8 Å². The molecule has 3 heteroatoms. The number of nitrogens with one attached hydrogen (secondary N) is 1. The molecule has 0 heterocycles. The van der Waals surface area contributed by atoms with Gasteiger partial charge in [-0.05, 0) is 12.8 Å². The largest absolute Gasteiger partial charge is 0.327 e. The van der Waals surface area contributed by atoms with Crippen molar-refractivity contribution in [3.63, 3.8) is 0 Å². The van der Waals surface area contributed by atoms with Gasteiger partial charge in [0.2, 0.25) is 0 Å². The van der Waals surface area contributed by atoms with Crippen molar-refractivity contribution in [3.05, 3.63) is 12.7 Å². The summed E-state index contributed by atoms with van der Waals surface area (Å²) in [6.07, 6.45) is 8.96. The Labute approximate surface area is 78.8 Å². The number of rotatable bonds is 4. The minimum absolute atomic E-state index is 0.0830. The van der Waals surface area contributed by atoms with Gasteiger partial charge in [0.15, 0.2) is 0 Å². The number of carbonyl (C=O) groups is 1. The number of nitrogens with zero attached hydrogens (tertiary/aromatic N) is 1. The van der Waals surface area contributed by atoms with Crippen molar-refractivity contribution in [1.29, 1.82) is 0 Å². The molecule has 0 aromatic heterocycles. The van der Waals surface area contributed by atoms with Gasteiger partial charge in [-0.15, -0.1) is 13.0 Å². The Kier molecular flexibility index (Phi) is 3.39. The Morgan fingerprint density at radius 3 is 2.92 bits per heavy atom. The first kappa shape index (κ1) is 9.66. The fourth-order valence-electron chi connectivity index (χ4n) is 1.15. The smallest absolute Gasteiger partial charge is 0.318 e. The van der Waals surface area contributed by atoms with Crippen LogP contribution >= 0.6 is 0 Å². The Balaban J connectivity index is 2.39. The molecule has 3 nitrogen and oxygen atoms in total. The summed E-state index contributed by atoms with van der Waals surface area (Å²) >= 11 is 0. The van der Waals surface area contributed by atoms with Crippen LogP contribution in [0.15, 0.2) is 12.7 Å². The van der Waals surface area contributed by atoms with Crippen LogP contribution in [0.25, 0.3) is 0 Å². The normalized spacial score (nSPS) is 14.4. The summed E-state index contributed by atoms with van der Waals surface area (Å²) in [5, 5.41) is 2.64. The lowest BCUT2D eigenvalue weighted by molar-refractivity contribution is 0.202. The third-order valence-corrected chi connectivity index (χ3v) is 1.92. The standard InChI is InChI=1S/C10H14N2O/c1-3-7-11-10(13)12(8-4-2)9-5-6-9/h1,4,9H,2,5-8H2,(H,11,13). The second-order valence-corrected chi connectivity index (χ2v) is 3.04. The zero-order chi connectivity index (χ0) is 9.68. The first-order valence-corrected chi connectivity index (χ1v) is 4.38. The van der Waals surface area contributed by atoms with E-state index >= 15 is 0 Å². The predicted octanol–water partition coefficient (Wildman–Crippen LogP) is 0.980. The van der Waals surface area contributed by atoms with Crippen LogP contribution in [-0.4, -0.2) is 30.1 Å². The van der Waals surface area contributed by atoms with Gasteiger partial charge in [0.05, 0.1) is 6.54 Å². The minimum Gasteiger partial charge on any atom is -0.327 e. The SMILES string of the molecule is C#CCNC(=O)N(CC=C)C1CC1.